The summed E-state index contributed by atoms with van der Waals surface area (Å²) in [6.45, 7) is -0.213. The van der Waals surface area contributed by atoms with Gasteiger partial charge in [0.05, 0.1) is 11.5 Å². The number of carbonyl (C=O) groups excluding carboxylic acids is 1. The van der Waals surface area contributed by atoms with Crippen LogP contribution in [-0.2, 0) is 6.42 Å². The van der Waals surface area contributed by atoms with Gasteiger partial charge in [0.25, 0.3) is 5.69 Å². The van der Waals surface area contributed by atoms with Crippen LogP contribution in [0.5, 0.6) is 5.75 Å². The van der Waals surface area contributed by atoms with Crippen molar-refractivity contribution in [2.24, 2.45) is 0 Å². The van der Waals surface area contributed by atoms with Gasteiger partial charge in [0.1, 0.15) is 22.4 Å². The van der Waals surface area contributed by atoms with E-state index in [-0.39, 0.29) is 28.6 Å². The molecule has 1 heterocycles. The topological polar surface area (TPSA) is 89.7 Å². The van der Waals surface area contributed by atoms with Crippen molar-refractivity contribution in [2.75, 3.05) is 6.61 Å². The Kier molecular flexibility index (Phi) is 2.99. The Morgan fingerprint density at radius 1 is 1.71 bits per heavy atom. The van der Waals surface area contributed by atoms with E-state index in [0.29, 0.717) is 18.3 Å². The summed E-state index contributed by atoms with van der Waals surface area (Å²) >= 11 is 5.88. The van der Waals surface area contributed by atoms with Crippen LogP contribution in [0, 0.1) is 10.1 Å². The Morgan fingerprint density at radius 2 is 2.41 bits per heavy atom. The first-order valence-corrected chi connectivity index (χ1v) is 5.18. The Balaban J connectivity index is 2.59. The summed E-state index contributed by atoms with van der Waals surface area (Å²) in [4.78, 5) is 20.9. The molecule has 6 nitrogen and oxygen atoms in total. The fourth-order valence-corrected chi connectivity index (χ4v) is 2.09. The zero-order valence-electron chi connectivity index (χ0n) is 8.55. The molecule has 17 heavy (non-hydrogen) atoms. The molecule has 0 bridgehead atoms. The first kappa shape index (κ1) is 11.8. The van der Waals surface area contributed by atoms with Gasteiger partial charge in [-0.3, -0.25) is 14.9 Å². The molecule has 0 aliphatic carbocycles. The van der Waals surface area contributed by atoms with E-state index in [2.05, 4.69) is 0 Å². The molecule has 1 aliphatic rings. The van der Waals surface area contributed by atoms with Gasteiger partial charge in [-0.1, -0.05) is 11.6 Å². The van der Waals surface area contributed by atoms with E-state index in [9.17, 15) is 14.9 Å². The van der Waals surface area contributed by atoms with Gasteiger partial charge in [0, 0.05) is 18.1 Å². The molecule has 7 heteroatoms. The van der Waals surface area contributed by atoms with Gasteiger partial charge >= 0.3 is 0 Å². The number of nitrogens with zero attached hydrogens (tertiary/aromatic N) is 1. The van der Waals surface area contributed by atoms with Crippen molar-refractivity contribution in [3.8, 4) is 5.75 Å². The average molecular weight is 258 g/mol. The predicted octanol–water partition coefficient (Wildman–Crippen LogP) is 1.36. The summed E-state index contributed by atoms with van der Waals surface area (Å²) < 4.78 is 5.30. The van der Waals surface area contributed by atoms with Crippen LogP contribution in [0.4, 0.5) is 5.69 Å². The van der Waals surface area contributed by atoms with E-state index >= 15 is 0 Å². The number of aliphatic hydroxyl groups is 1. The lowest BCUT2D eigenvalue weighted by Crippen LogP contribution is -2.17. The number of ether oxygens (including phenoxy) is 1. The van der Waals surface area contributed by atoms with Crippen LogP contribution in [-0.4, -0.2) is 29.0 Å². The maximum Gasteiger partial charge on any atom is 0.281 e. The van der Waals surface area contributed by atoms with E-state index in [4.69, 9.17) is 21.4 Å². The van der Waals surface area contributed by atoms with Gasteiger partial charge in [-0.05, 0) is 0 Å². The van der Waals surface area contributed by atoms with Crippen molar-refractivity contribution in [1.82, 2.24) is 0 Å². The number of nitro benzene ring substituents is 1. The van der Waals surface area contributed by atoms with Gasteiger partial charge in [-0.15, -0.1) is 0 Å². The zero-order chi connectivity index (χ0) is 12.6. The van der Waals surface area contributed by atoms with E-state index in [1.54, 1.807) is 0 Å². The Morgan fingerprint density at radius 3 is 2.94 bits per heavy atom. The summed E-state index contributed by atoms with van der Waals surface area (Å²) in [5.41, 5.74) is -0.00806. The molecule has 1 atom stereocenters. The first-order valence-electron chi connectivity index (χ1n) is 4.81. The predicted molar refractivity (Wildman–Crippen MR) is 58.7 cm³/mol. The minimum absolute atomic E-state index is 0.0693. The third-order valence-electron chi connectivity index (χ3n) is 2.56. The molecule has 0 fully saturated rings. The lowest BCUT2D eigenvalue weighted by Gasteiger charge is -2.07. The maximum absolute atomic E-state index is 10.8. The third kappa shape index (κ3) is 1.85. The van der Waals surface area contributed by atoms with Crippen molar-refractivity contribution in [3.63, 3.8) is 0 Å². The molecule has 0 aromatic heterocycles. The second kappa shape index (κ2) is 4.31. The van der Waals surface area contributed by atoms with Gasteiger partial charge in [0.15, 0.2) is 6.29 Å². The highest BCUT2D eigenvalue weighted by Crippen LogP contribution is 2.41. The Bertz CT molecular complexity index is 502. The molecule has 0 saturated heterocycles. The highest BCUT2D eigenvalue weighted by atomic mass is 35.5. The van der Waals surface area contributed by atoms with Crippen LogP contribution in [0.2, 0.25) is 5.02 Å². The summed E-state index contributed by atoms with van der Waals surface area (Å²) in [6.07, 6.45) is 0.200. The smallest absolute Gasteiger partial charge is 0.281 e. The van der Waals surface area contributed by atoms with Gasteiger partial charge in [-0.2, -0.15) is 0 Å². The second-order valence-corrected chi connectivity index (χ2v) is 3.99. The highest BCUT2D eigenvalue weighted by Gasteiger charge is 2.31. The van der Waals surface area contributed by atoms with Crippen LogP contribution in [0.3, 0.4) is 0 Å². The SMILES string of the molecule is O=Cc1c([N+](=O)[O-])cc2c(c1Cl)OC(CO)C2. The first-order chi connectivity index (χ1) is 8.08. The van der Waals surface area contributed by atoms with Gasteiger partial charge in [-0.25, -0.2) is 0 Å². The monoisotopic (exact) mass is 257 g/mol. The number of halogens is 1. The number of nitro groups is 1. The van der Waals surface area contributed by atoms with Crippen LogP contribution in [0.25, 0.3) is 0 Å². The number of hydrogen-bond acceptors (Lipinski definition) is 5. The molecule has 2 rings (SSSR count). The van der Waals surface area contributed by atoms with Gasteiger partial charge < -0.3 is 9.84 Å². The number of hydrogen-bond donors (Lipinski definition) is 1. The number of aldehydes is 1. The van der Waals surface area contributed by atoms with Crippen molar-refractivity contribution < 1.29 is 19.6 Å². The molecule has 1 aromatic carbocycles. The van der Waals surface area contributed by atoms with Crippen molar-refractivity contribution in [2.45, 2.75) is 12.5 Å². The molecule has 0 amide bonds. The lowest BCUT2D eigenvalue weighted by atomic mass is 10.1. The second-order valence-electron chi connectivity index (χ2n) is 3.61. The van der Waals surface area contributed by atoms with E-state index in [0.717, 1.165) is 0 Å². The number of benzene rings is 1. The molecule has 90 valence electrons. The molecule has 1 aromatic rings. The number of aliphatic hydroxyl groups excluding tert-OH is 1. The maximum atomic E-state index is 10.8. The fraction of sp³-hybridized carbons (Fsp3) is 0.300. The highest BCUT2D eigenvalue weighted by molar-refractivity contribution is 6.35. The summed E-state index contributed by atoms with van der Waals surface area (Å²) in [6, 6.07) is 1.26. The Hall–Kier alpha value is -1.66. The number of fused-ring (bicyclic) bond motifs is 1. The fourth-order valence-electron chi connectivity index (χ4n) is 1.78. The minimum Gasteiger partial charge on any atom is -0.486 e. The van der Waals surface area contributed by atoms with Gasteiger partial charge in [0.2, 0.25) is 0 Å². The largest absolute Gasteiger partial charge is 0.486 e. The lowest BCUT2D eigenvalue weighted by molar-refractivity contribution is -0.385. The minimum atomic E-state index is -0.665. The molecule has 0 spiro atoms. The standard InChI is InChI=1S/C10H8ClNO5/c11-9-7(4-14)8(12(15)16)2-5-1-6(3-13)17-10(5)9/h2,4,6,13H,1,3H2. The van der Waals surface area contributed by atoms with Crippen LogP contribution in [0.15, 0.2) is 6.07 Å². The van der Waals surface area contributed by atoms with E-state index < -0.39 is 11.0 Å². The summed E-state index contributed by atoms with van der Waals surface area (Å²) in [7, 11) is 0. The van der Waals surface area contributed by atoms with E-state index in [1.165, 1.54) is 6.07 Å². The van der Waals surface area contributed by atoms with E-state index in [1.807, 2.05) is 0 Å². The molecule has 1 aliphatic heterocycles. The number of rotatable bonds is 3. The quantitative estimate of drug-likeness (QED) is 0.502. The average Bonchev–Trinajstić information content (AvgIpc) is 2.72. The van der Waals surface area contributed by atoms with Crippen molar-refractivity contribution in [3.05, 3.63) is 32.3 Å². The molecule has 1 unspecified atom stereocenters. The van der Waals surface area contributed by atoms with Crippen molar-refractivity contribution in [1.29, 1.82) is 0 Å². The summed E-state index contributed by atoms with van der Waals surface area (Å²) in [5.74, 6) is 0.249. The molecule has 0 radical (unpaired) electrons. The molecule has 0 saturated carbocycles. The van der Waals surface area contributed by atoms with Crippen LogP contribution < -0.4 is 4.74 Å². The Labute approximate surface area is 101 Å². The molecular formula is C10H8ClNO5. The molecular weight excluding hydrogens is 250 g/mol. The zero-order valence-corrected chi connectivity index (χ0v) is 9.31. The van der Waals surface area contributed by atoms with Crippen LogP contribution >= 0.6 is 11.6 Å². The number of carbonyl (C=O) groups is 1. The third-order valence-corrected chi connectivity index (χ3v) is 2.94. The normalized spacial score (nSPS) is 17.4. The van der Waals surface area contributed by atoms with Crippen LogP contribution in [0.1, 0.15) is 15.9 Å². The summed E-state index contributed by atoms with van der Waals surface area (Å²) in [5, 5.41) is 19.7. The van der Waals surface area contributed by atoms with Crippen molar-refractivity contribution >= 4 is 23.6 Å². The molecule has 1 N–H and O–H groups in total.